The van der Waals surface area contributed by atoms with Crippen LogP contribution in [0.4, 0.5) is 14.4 Å². The predicted molar refractivity (Wildman–Crippen MR) is 310 cm³/mol. The van der Waals surface area contributed by atoms with Gasteiger partial charge >= 0.3 is 18.4 Å². The molecule has 0 spiro atoms. The molecule has 4 atom stereocenters. The van der Waals surface area contributed by atoms with Gasteiger partial charge in [0.05, 0.1) is 0 Å². The van der Waals surface area contributed by atoms with Gasteiger partial charge in [0.25, 0.3) is 17.7 Å². The predicted octanol–water partition coefficient (Wildman–Crippen LogP) is 12.5. The van der Waals surface area contributed by atoms with E-state index in [1.54, 1.807) is 46.4 Å². The number of piperidine rings is 1. The molecule has 1 saturated carbocycles. The summed E-state index contributed by atoms with van der Waals surface area (Å²) >= 11 is 0. The Kier molecular flexibility index (Phi) is 22.3. The smallest absolute Gasteiger partial charge is 0.444 e. The second-order valence-electron chi connectivity index (χ2n) is 23.6. The Hall–Kier alpha value is -6.71. The molecule has 0 radical (unpaired) electrons. The lowest BCUT2D eigenvalue weighted by Crippen LogP contribution is -2.47. The van der Waals surface area contributed by atoms with Gasteiger partial charge in [-0.15, -0.1) is 12.4 Å². The van der Waals surface area contributed by atoms with E-state index < -0.39 is 29.1 Å². The van der Waals surface area contributed by atoms with Gasteiger partial charge in [0.15, 0.2) is 0 Å². The second-order valence-corrected chi connectivity index (χ2v) is 23.6. The van der Waals surface area contributed by atoms with Crippen molar-refractivity contribution in [1.29, 1.82) is 0 Å². The summed E-state index contributed by atoms with van der Waals surface area (Å²) in [5.74, 6) is 1.94. The topological polar surface area (TPSA) is 182 Å². The highest BCUT2D eigenvalue weighted by Gasteiger charge is 2.38. The van der Waals surface area contributed by atoms with E-state index in [2.05, 4.69) is 74.1 Å². The van der Waals surface area contributed by atoms with Gasteiger partial charge in [0.1, 0.15) is 16.8 Å². The first-order valence-electron chi connectivity index (χ1n) is 27.2. The van der Waals surface area contributed by atoms with Crippen LogP contribution in [0, 0.1) is 11.8 Å². The summed E-state index contributed by atoms with van der Waals surface area (Å²) in [4.78, 5) is 75.0. The van der Waals surface area contributed by atoms with Crippen molar-refractivity contribution >= 4 is 54.1 Å². The van der Waals surface area contributed by atoms with Crippen molar-refractivity contribution in [3.8, 4) is 0 Å². The molecule has 79 heavy (non-hydrogen) atoms. The summed E-state index contributed by atoms with van der Waals surface area (Å²) in [5, 5.41) is 9.11. The van der Waals surface area contributed by atoms with Crippen LogP contribution in [0.5, 0.6) is 0 Å². The number of hydrogen-bond acceptors (Lipinski definition) is 11. The van der Waals surface area contributed by atoms with Crippen LogP contribution in [0.15, 0.2) is 109 Å². The Morgan fingerprint density at radius 3 is 1.61 bits per heavy atom. The third kappa shape index (κ3) is 18.2. The van der Waals surface area contributed by atoms with Crippen LogP contribution >= 0.6 is 12.4 Å². The lowest BCUT2D eigenvalue weighted by atomic mass is 9.75. The molecule has 16 heteroatoms. The minimum Gasteiger partial charge on any atom is -0.444 e. The molecule has 10 rings (SSSR count). The minimum atomic E-state index is -1.06. The first kappa shape index (κ1) is 63.1. The van der Waals surface area contributed by atoms with Crippen LogP contribution in [0.2, 0.25) is 0 Å². The van der Waals surface area contributed by atoms with Gasteiger partial charge in [-0.1, -0.05) is 105 Å². The van der Waals surface area contributed by atoms with Gasteiger partial charge < -0.3 is 39.8 Å². The standard InChI is InChI=1S/C20H20N2O.C18H24N2O3.C14H17NO.C10H18O5.CH4.ClH/c23-20-19-9-5-4-8-18(19)17-10-11-22(14-16(17)12-21-20)13-15-6-2-1-3-7-15;1-18(2,3)23-17(22)20-9-8-13-12(11-20)10-19-16(21)15-7-5-4-6-14(13)15;16-14-13-8-4-3-7-12(13)11-6-2-1-5-10(11)9-15-14;1-9(2,3)14-7(11)13-8(12)15-10(4,5)6;;/h1-9H,10-14H2,(H,21,23);4-7,12-13H,8-11H2,1-3H3,(H,19,21);3-4,7-8,10-11H,1-2,5-6,9H2,(H,15,16);1-6H3;1H4;1H. The van der Waals surface area contributed by atoms with Gasteiger partial charge in [-0.05, 0) is 157 Å². The first-order chi connectivity index (χ1) is 36.5. The fourth-order valence-electron chi connectivity index (χ4n) is 10.9. The fourth-order valence-corrected chi connectivity index (χ4v) is 10.9. The molecule has 15 nitrogen and oxygen atoms in total. The Morgan fingerprint density at radius 1 is 0.557 bits per heavy atom. The highest BCUT2D eigenvalue weighted by molar-refractivity contribution is 6.01. The molecule has 4 unspecified atom stereocenters. The van der Waals surface area contributed by atoms with Gasteiger partial charge in [0.2, 0.25) is 0 Å². The van der Waals surface area contributed by atoms with Crippen LogP contribution in [0.25, 0.3) is 5.57 Å². The molecule has 5 aliphatic heterocycles. The van der Waals surface area contributed by atoms with E-state index in [9.17, 15) is 28.8 Å². The molecule has 0 bridgehead atoms. The maximum Gasteiger partial charge on any atom is 0.519 e. The average molecular weight is 1110 g/mol. The molecule has 6 aliphatic rings. The van der Waals surface area contributed by atoms with E-state index in [-0.39, 0.29) is 49.6 Å². The van der Waals surface area contributed by atoms with E-state index in [1.807, 2.05) is 75.4 Å². The van der Waals surface area contributed by atoms with Crippen molar-refractivity contribution in [2.45, 2.75) is 143 Å². The third-order valence-corrected chi connectivity index (χ3v) is 14.2. The van der Waals surface area contributed by atoms with Crippen LogP contribution in [0.3, 0.4) is 0 Å². The van der Waals surface area contributed by atoms with Crippen LogP contribution < -0.4 is 16.0 Å². The van der Waals surface area contributed by atoms with Crippen LogP contribution in [-0.2, 0) is 25.5 Å². The normalized spacial score (nSPS) is 20.3. The molecule has 428 valence electrons. The molecule has 1 saturated heterocycles. The molecule has 0 aromatic heterocycles. The minimum absolute atomic E-state index is 0. The molecule has 4 aromatic carbocycles. The number of amides is 4. The SMILES string of the molecule is C.CC(C)(C)OC(=O)N1CCC2c3ccccc3C(=O)NCC2C1.CC(C)(C)OC(=O)OC(=O)OC(C)(C)C.Cl.O=C1NCC2=C(CCN(Cc3ccccc3)C2)c2ccccc21.O=C1NCC2CCCCC2c2ccccc21. The summed E-state index contributed by atoms with van der Waals surface area (Å²) in [6.45, 7) is 22.0. The number of nitrogens with zero attached hydrogens (tertiary/aromatic N) is 2. The number of ether oxygens (including phenoxy) is 4. The van der Waals surface area contributed by atoms with Crippen molar-refractivity contribution in [2.75, 3.05) is 45.8 Å². The molecule has 1 aliphatic carbocycles. The highest BCUT2D eigenvalue weighted by Crippen LogP contribution is 2.41. The third-order valence-electron chi connectivity index (χ3n) is 14.2. The average Bonchev–Trinajstić information content (AvgIpc) is 3.69. The Bertz CT molecular complexity index is 2750. The van der Waals surface area contributed by atoms with E-state index in [4.69, 9.17) is 14.2 Å². The van der Waals surface area contributed by atoms with Crippen molar-refractivity contribution in [2.24, 2.45) is 11.8 Å². The zero-order valence-electron chi connectivity index (χ0n) is 46.9. The van der Waals surface area contributed by atoms with Crippen molar-refractivity contribution in [3.05, 3.63) is 148 Å². The number of fused-ring (bicyclic) bond motifs is 8. The number of carbonyl (C=O) groups is 6. The number of likely N-dealkylation sites (tertiary alicyclic amines) is 1. The quantitative estimate of drug-likeness (QED) is 0.0987. The Morgan fingerprint density at radius 2 is 1.04 bits per heavy atom. The monoisotopic (exact) mass is 1110 g/mol. The molecule has 2 fully saturated rings. The van der Waals surface area contributed by atoms with E-state index >= 15 is 0 Å². The van der Waals surface area contributed by atoms with Crippen molar-refractivity contribution in [1.82, 2.24) is 25.8 Å². The number of benzene rings is 4. The van der Waals surface area contributed by atoms with Crippen molar-refractivity contribution in [3.63, 3.8) is 0 Å². The number of rotatable bonds is 2. The molecule has 4 amide bonds. The zero-order chi connectivity index (χ0) is 55.5. The molecule has 5 heterocycles. The summed E-state index contributed by atoms with van der Waals surface area (Å²) in [6, 6.07) is 34.5. The number of carbonyl (C=O) groups excluding carboxylic acids is 6. The summed E-state index contributed by atoms with van der Waals surface area (Å²) in [5.41, 5.74) is 8.17. The largest absolute Gasteiger partial charge is 0.519 e. The van der Waals surface area contributed by atoms with Gasteiger partial charge in [-0.3, -0.25) is 19.3 Å². The van der Waals surface area contributed by atoms with E-state index in [0.29, 0.717) is 43.9 Å². The lowest BCUT2D eigenvalue weighted by Gasteiger charge is -2.38. The molecular weight excluding hydrogens is 1020 g/mol. The van der Waals surface area contributed by atoms with Crippen molar-refractivity contribution < 1.29 is 47.7 Å². The summed E-state index contributed by atoms with van der Waals surface area (Å²) < 4.78 is 19.3. The maximum absolute atomic E-state index is 12.3. The van der Waals surface area contributed by atoms with Crippen LogP contribution in [0.1, 0.15) is 173 Å². The second kappa shape index (κ2) is 27.9. The number of hydrogen-bond donors (Lipinski definition) is 3. The molecular formula is C63H84ClN5O10. The van der Waals surface area contributed by atoms with E-state index in [0.717, 1.165) is 66.8 Å². The number of halogens is 1. The van der Waals surface area contributed by atoms with Gasteiger partial charge in [-0.2, -0.15) is 0 Å². The number of nitrogens with one attached hydrogen (secondary N) is 3. The lowest BCUT2D eigenvalue weighted by molar-refractivity contribution is -0.0294. The Labute approximate surface area is 474 Å². The highest BCUT2D eigenvalue weighted by atomic mass is 35.5. The van der Waals surface area contributed by atoms with Gasteiger partial charge in [-0.25, -0.2) is 14.4 Å². The summed E-state index contributed by atoms with van der Waals surface area (Å²) in [6.07, 6.45) is 4.62. The Balaban J connectivity index is 0.000000196. The maximum atomic E-state index is 12.3. The molecule has 3 N–H and O–H groups in total. The van der Waals surface area contributed by atoms with E-state index in [1.165, 1.54) is 48.0 Å². The van der Waals surface area contributed by atoms with Gasteiger partial charge in [0, 0.05) is 75.0 Å². The summed E-state index contributed by atoms with van der Waals surface area (Å²) in [7, 11) is 0. The first-order valence-corrected chi connectivity index (χ1v) is 27.2. The fraction of sp³-hybridized carbons (Fsp3) is 0.492. The zero-order valence-corrected chi connectivity index (χ0v) is 47.7. The van der Waals surface area contributed by atoms with Crippen LogP contribution in [-0.4, -0.2) is 109 Å². The molecule has 4 aromatic rings.